The fourth-order valence-corrected chi connectivity index (χ4v) is 2.86. The highest BCUT2D eigenvalue weighted by Gasteiger charge is 2.16. The van der Waals surface area contributed by atoms with Crippen LogP contribution in [0.2, 0.25) is 0 Å². The molecule has 1 amide bonds. The van der Waals surface area contributed by atoms with Gasteiger partial charge in [-0.05, 0) is 46.7 Å². The van der Waals surface area contributed by atoms with E-state index in [0.717, 1.165) is 21.1 Å². The maximum absolute atomic E-state index is 12.4. The Hall–Kier alpha value is -2.74. The minimum Gasteiger partial charge on any atom is -0.348 e. The molecular formula is C18H18BrN5O2. The number of para-hydroxylation sites is 1. The van der Waals surface area contributed by atoms with E-state index in [2.05, 4.69) is 31.7 Å². The number of amides is 1. The molecule has 3 aromatic rings. The van der Waals surface area contributed by atoms with Gasteiger partial charge in [0.1, 0.15) is 6.54 Å². The first-order valence-electron chi connectivity index (χ1n) is 8.21. The van der Waals surface area contributed by atoms with E-state index in [4.69, 9.17) is 0 Å². The van der Waals surface area contributed by atoms with Gasteiger partial charge in [0.2, 0.25) is 5.91 Å². The van der Waals surface area contributed by atoms with Crippen LogP contribution >= 0.6 is 15.9 Å². The third kappa shape index (κ3) is 4.08. The first kappa shape index (κ1) is 18.1. The van der Waals surface area contributed by atoms with Gasteiger partial charge in [-0.3, -0.25) is 4.79 Å². The van der Waals surface area contributed by atoms with E-state index in [1.54, 1.807) is 24.3 Å². The predicted octanol–water partition coefficient (Wildman–Crippen LogP) is 2.46. The van der Waals surface area contributed by atoms with Crippen molar-refractivity contribution in [3.63, 3.8) is 0 Å². The molecule has 7 nitrogen and oxygen atoms in total. The second-order valence-corrected chi connectivity index (χ2v) is 6.66. The van der Waals surface area contributed by atoms with Gasteiger partial charge in [-0.2, -0.15) is 9.36 Å². The summed E-state index contributed by atoms with van der Waals surface area (Å²) in [5.74, 6) is -0.290. The Labute approximate surface area is 158 Å². The summed E-state index contributed by atoms with van der Waals surface area (Å²) >= 11 is 3.40. The van der Waals surface area contributed by atoms with Gasteiger partial charge < -0.3 is 5.32 Å². The topological polar surface area (TPSA) is 81.8 Å². The molecule has 1 heterocycles. The summed E-state index contributed by atoms with van der Waals surface area (Å²) in [7, 11) is 0. The number of hydrogen-bond donors (Lipinski definition) is 1. The van der Waals surface area contributed by atoms with Crippen molar-refractivity contribution in [1.82, 2.24) is 25.1 Å². The quantitative estimate of drug-likeness (QED) is 0.670. The molecule has 3 rings (SSSR count). The molecule has 1 unspecified atom stereocenters. The fraction of sp³-hybridized carbons (Fsp3) is 0.222. The van der Waals surface area contributed by atoms with Crippen molar-refractivity contribution in [2.75, 3.05) is 0 Å². The van der Waals surface area contributed by atoms with Gasteiger partial charge in [0, 0.05) is 4.47 Å². The maximum atomic E-state index is 12.4. The zero-order valence-corrected chi connectivity index (χ0v) is 15.8. The average molecular weight is 416 g/mol. The minimum atomic E-state index is -0.456. The number of rotatable bonds is 6. The highest BCUT2D eigenvalue weighted by Crippen LogP contribution is 2.19. The van der Waals surface area contributed by atoms with E-state index in [9.17, 15) is 9.59 Å². The lowest BCUT2D eigenvalue weighted by Crippen LogP contribution is -2.35. The number of nitrogens with zero attached hydrogens (tertiary/aromatic N) is 4. The molecule has 1 atom stereocenters. The Balaban J connectivity index is 1.71. The molecule has 0 saturated carbocycles. The molecule has 2 aromatic carbocycles. The van der Waals surface area contributed by atoms with Crippen LogP contribution in [0.4, 0.5) is 0 Å². The molecule has 8 heteroatoms. The fourth-order valence-electron chi connectivity index (χ4n) is 2.60. The van der Waals surface area contributed by atoms with E-state index < -0.39 is 5.69 Å². The van der Waals surface area contributed by atoms with Crippen molar-refractivity contribution in [2.45, 2.75) is 25.9 Å². The number of hydrogen-bond acceptors (Lipinski definition) is 4. The molecule has 1 N–H and O–H groups in total. The number of nitrogens with one attached hydrogen (secondary N) is 1. The van der Waals surface area contributed by atoms with Crippen LogP contribution in [0.3, 0.4) is 0 Å². The summed E-state index contributed by atoms with van der Waals surface area (Å²) in [4.78, 5) is 24.7. The van der Waals surface area contributed by atoms with Crippen molar-refractivity contribution >= 4 is 21.8 Å². The molecule has 0 fully saturated rings. The Morgan fingerprint density at radius 1 is 1.12 bits per heavy atom. The number of tetrazole rings is 1. The van der Waals surface area contributed by atoms with Crippen molar-refractivity contribution in [1.29, 1.82) is 0 Å². The van der Waals surface area contributed by atoms with Crippen LogP contribution in [-0.4, -0.2) is 25.7 Å². The van der Waals surface area contributed by atoms with Crippen LogP contribution in [0.5, 0.6) is 0 Å². The van der Waals surface area contributed by atoms with E-state index >= 15 is 0 Å². The minimum absolute atomic E-state index is 0.129. The highest BCUT2D eigenvalue weighted by molar-refractivity contribution is 9.10. The molecule has 26 heavy (non-hydrogen) atoms. The van der Waals surface area contributed by atoms with Crippen LogP contribution in [0.1, 0.15) is 24.9 Å². The largest absolute Gasteiger partial charge is 0.368 e. The number of carbonyl (C=O) groups is 1. The molecule has 0 aliphatic rings. The van der Waals surface area contributed by atoms with Gasteiger partial charge >= 0.3 is 5.69 Å². The van der Waals surface area contributed by atoms with Gasteiger partial charge in [0.05, 0.1) is 11.7 Å². The first-order valence-corrected chi connectivity index (χ1v) is 9.01. The summed E-state index contributed by atoms with van der Waals surface area (Å²) < 4.78 is 3.20. The predicted molar refractivity (Wildman–Crippen MR) is 101 cm³/mol. The maximum Gasteiger partial charge on any atom is 0.368 e. The van der Waals surface area contributed by atoms with Gasteiger partial charge in [-0.25, -0.2) is 4.79 Å². The number of aromatic nitrogens is 4. The van der Waals surface area contributed by atoms with Crippen molar-refractivity contribution < 1.29 is 4.79 Å². The lowest BCUT2D eigenvalue weighted by Gasteiger charge is -2.17. The van der Waals surface area contributed by atoms with E-state index in [-0.39, 0.29) is 18.5 Å². The van der Waals surface area contributed by atoms with Crippen LogP contribution in [0.15, 0.2) is 63.9 Å². The van der Waals surface area contributed by atoms with Crippen molar-refractivity contribution in [3.8, 4) is 5.69 Å². The van der Waals surface area contributed by atoms with Gasteiger partial charge in [0.25, 0.3) is 0 Å². The Morgan fingerprint density at radius 3 is 2.46 bits per heavy atom. The SMILES string of the molecule is CCC(NC(=O)Cn1nnn(-c2ccccc2)c1=O)c1ccc(Br)cc1. The van der Waals surface area contributed by atoms with Crippen LogP contribution in [-0.2, 0) is 11.3 Å². The number of halogens is 1. The Morgan fingerprint density at radius 2 is 1.81 bits per heavy atom. The molecule has 0 aliphatic carbocycles. The lowest BCUT2D eigenvalue weighted by atomic mass is 10.0. The molecule has 0 aliphatic heterocycles. The first-order chi connectivity index (χ1) is 12.6. The Bertz CT molecular complexity index is 934. The molecule has 0 spiro atoms. The van der Waals surface area contributed by atoms with Crippen LogP contribution in [0.25, 0.3) is 5.69 Å². The Kier molecular flexibility index (Phi) is 5.62. The van der Waals surface area contributed by atoms with Crippen molar-refractivity contribution in [3.05, 3.63) is 75.1 Å². The summed E-state index contributed by atoms with van der Waals surface area (Å²) in [6, 6.07) is 16.6. The van der Waals surface area contributed by atoms with E-state index in [1.807, 2.05) is 37.3 Å². The standard InChI is InChI=1S/C18H18BrN5O2/c1-2-16(13-8-10-14(19)11-9-13)20-17(25)12-23-18(26)24(22-21-23)15-6-4-3-5-7-15/h3-11,16H,2,12H2,1H3,(H,20,25). The molecule has 0 saturated heterocycles. The monoisotopic (exact) mass is 415 g/mol. The molecule has 0 radical (unpaired) electrons. The summed E-state index contributed by atoms with van der Waals surface area (Å²) in [5, 5.41) is 10.6. The zero-order chi connectivity index (χ0) is 18.5. The lowest BCUT2D eigenvalue weighted by molar-refractivity contribution is -0.122. The van der Waals surface area contributed by atoms with Gasteiger partial charge in [-0.15, -0.1) is 0 Å². The number of carbonyl (C=O) groups excluding carboxylic acids is 1. The molecule has 134 valence electrons. The zero-order valence-electron chi connectivity index (χ0n) is 14.2. The second-order valence-electron chi connectivity index (χ2n) is 5.75. The van der Waals surface area contributed by atoms with E-state index in [1.165, 1.54) is 4.68 Å². The van der Waals surface area contributed by atoms with Gasteiger partial charge in [-0.1, -0.05) is 53.2 Å². The average Bonchev–Trinajstić information content (AvgIpc) is 3.01. The van der Waals surface area contributed by atoms with Crippen LogP contribution in [0, 0.1) is 0 Å². The van der Waals surface area contributed by atoms with Crippen LogP contribution < -0.4 is 11.0 Å². The molecule has 0 bridgehead atoms. The molecular weight excluding hydrogens is 398 g/mol. The summed E-state index contributed by atoms with van der Waals surface area (Å²) in [6.07, 6.45) is 0.735. The summed E-state index contributed by atoms with van der Waals surface area (Å²) in [5.41, 5.74) is 1.15. The number of benzene rings is 2. The summed E-state index contributed by atoms with van der Waals surface area (Å²) in [6.45, 7) is 1.81. The van der Waals surface area contributed by atoms with Gasteiger partial charge in [0.15, 0.2) is 0 Å². The second kappa shape index (κ2) is 8.09. The van der Waals surface area contributed by atoms with Crippen molar-refractivity contribution in [2.24, 2.45) is 0 Å². The third-order valence-corrected chi connectivity index (χ3v) is 4.48. The smallest absolute Gasteiger partial charge is 0.348 e. The van der Waals surface area contributed by atoms with E-state index in [0.29, 0.717) is 5.69 Å². The highest BCUT2D eigenvalue weighted by atomic mass is 79.9. The molecule has 1 aromatic heterocycles. The normalized spacial score (nSPS) is 11.9. The third-order valence-electron chi connectivity index (χ3n) is 3.95.